The Morgan fingerprint density at radius 2 is 1.65 bits per heavy atom. The van der Waals surface area contributed by atoms with Gasteiger partial charge in [0.15, 0.2) is 0 Å². The van der Waals surface area contributed by atoms with Crippen LogP contribution in [0, 0.1) is 6.92 Å². The van der Waals surface area contributed by atoms with Gasteiger partial charge in [-0.2, -0.15) is 0 Å². The lowest BCUT2D eigenvalue weighted by atomic mass is 9.96. The zero-order valence-corrected chi connectivity index (χ0v) is 16.0. The van der Waals surface area contributed by atoms with Crippen molar-refractivity contribution in [2.75, 3.05) is 34.4 Å². The second-order valence-corrected chi connectivity index (χ2v) is 6.55. The molecule has 2 aromatic rings. The summed E-state index contributed by atoms with van der Waals surface area (Å²) in [6.45, 7) is 5.08. The highest BCUT2D eigenvalue weighted by Crippen LogP contribution is 2.40. The van der Waals surface area contributed by atoms with E-state index in [0.29, 0.717) is 0 Å². The van der Waals surface area contributed by atoms with Crippen LogP contribution in [0.3, 0.4) is 0 Å². The zero-order valence-electron chi connectivity index (χ0n) is 16.0. The van der Waals surface area contributed by atoms with Gasteiger partial charge in [-0.1, -0.05) is 30.3 Å². The van der Waals surface area contributed by atoms with E-state index in [4.69, 9.17) is 14.2 Å². The summed E-state index contributed by atoms with van der Waals surface area (Å²) in [4.78, 5) is 2.47. The van der Waals surface area contributed by atoms with Gasteiger partial charge in [-0.25, -0.2) is 0 Å². The van der Waals surface area contributed by atoms with Crippen LogP contribution in [0.25, 0.3) is 5.57 Å². The minimum absolute atomic E-state index is 0.736. The van der Waals surface area contributed by atoms with E-state index in [1.165, 1.54) is 16.7 Å². The molecular formula is C22H27NO3. The van der Waals surface area contributed by atoms with Gasteiger partial charge in [-0.3, -0.25) is 4.90 Å². The van der Waals surface area contributed by atoms with Crippen molar-refractivity contribution in [3.8, 4) is 17.2 Å². The van der Waals surface area contributed by atoms with Gasteiger partial charge in [-0.05, 0) is 30.0 Å². The molecule has 26 heavy (non-hydrogen) atoms. The molecule has 4 nitrogen and oxygen atoms in total. The van der Waals surface area contributed by atoms with Gasteiger partial charge in [0.1, 0.15) is 17.2 Å². The highest BCUT2D eigenvalue weighted by molar-refractivity contribution is 5.77. The predicted octanol–water partition coefficient (Wildman–Crippen LogP) is 4.31. The van der Waals surface area contributed by atoms with E-state index >= 15 is 0 Å². The smallest absolute Gasteiger partial charge is 0.133 e. The third-order valence-electron chi connectivity index (χ3n) is 4.98. The zero-order chi connectivity index (χ0) is 18.5. The summed E-state index contributed by atoms with van der Waals surface area (Å²) in [5.41, 5.74) is 5.04. The molecule has 4 heteroatoms. The van der Waals surface area contributed by atoms with Gasteiger partial charge in [0.25, 0.3) is 0 Å². The van der Waals surface area contributed by atoms with Crippen molar-refractivity contribution < 1.29 is 14.2 Å². The van der Waals surface area contributed by atoms with Crippen molar-refractivity contribution in [3.05, 3.63) is 59.2 Å². The van der Waals surface area contributed by atoms with Gasteiger partial charge >= 0.3 is 0 Å². The first kappa shape index (κ1) is 18.3. The van der Waals surface area contributed by atoms with Crippen LogP contribution in [0.5, 0.6) is 17.2 Å². The Bertz CT molecular complexity index is 773. The predicted molar refractivity (Wildman–Crippen MR) is 105 cm³/mol. The van der Waals surface area contributed by atoms with Crippen LogP contribution in [0.15, 0.2) is 42.5 Å². The van der Waals surface area contributed by atoms with Crippen LogP contribution >= 0.6 is 0 Å². The van der Waals surface area contributed by atoms with Crippen LogP contribution in [-0.2, 0) is 6.54 Å². The normalized spacial score (nSPS) is 14.7. The number of benzene rings is 2. The molecule has 3 rings (SSSR count). The number of hydrogen-bond donors (Lipinski definition) is 0. The van der Waals surface area contributed by atoms with Crippen molar-refractivity contribution in [2.45, 2.75) is 19.9 Å². The average molecular weight is 353 g/mol. The van der Waals surface area contributed by atoms with E-state index in [1.54, 1.807) is 21.3 Å². The van der Waals surface area contributed by atoms with E-state index in [-0.39, 0.29) is 0 Å². The summed E-state index contributed by atoms with van der Waals surface area (Å²) < 4.78 is 16.6. The molecule has 0 spiro atoms. The van der Waals surface area contributed by atoms with Gasteiger partial charge in [0.2, 0.25) is 0 Å². The highest BCUT2D eigenvalue weighted by atomic mass is 16.5. The fourth-order valence-corrected chi connectivity index (χ4v) is 3.43. The number of methoxy groups -OCH3 is 3. The summed E-state index contributed by atoms with van der Waals surface area (Å²) in [6.07, 6.45) is 3.25. The number of nitrogens with zero attached hydrogens (tertiary/aromatic N) is 1. The van der Waals surface area contributed by atoms with Crippen LogP contribution < -0.4 is 14.2 Å². The summed E-state index contributed by atoms with van der Waals surface area (Å²) in [5, 5.41) is 0. The first-order valence-electron chi connectivity index (χ1n) is 8.92. The minimum Gasteiger partial charge on any atom is -0.496 e. The Morgan fingerprint density at radius 3 is 2.19 bits per heavy atom. The van der Waals surface area contributed by atoms with Gasteiger partial charge < -0.3 is 14.2 Å². The van der Waals surface area contributed by atoms with Crippen molar-refractivity contribution in [1.29, 1.82) is 0 Å². The largest absolute Gasteiger partial charge is 0.496 e. The SMILES string of the molecule is COc1cc(OC)c(C2=CCN(Cc3ccccc3C)CC2)c(OC)c1. The second-order valence-electron chi connectivity index (χ2n) is 6.55. The first-order valence-corrected chi connectivity index (χ1v) is 8.92. The standard InChI is InChI=1S/C22H27NO3/c1-16-7-5-6-8-18(16)15-23-11-9-17(10-12-23)22-20(25-3)13-19(24-2)14-21(22)26-4/h5-9,13-14H,10-12,15H2,1-4H3. The van der Waals surface area contributed by atoms with Crippen molar-refractivity contribution in [3.63, 3.8) is 0 Å². The van der Waals surface area contributed by atoms with Gasteiger partial charge in [0, 0.05) is 31.8 Å². The molecule has 0 amide bonds. The lowest BCUT2D eigenvalue weighted by Gasteiger charge is -2.28. The molecule has 0 saturated heterocycles. The molecule has 138 valence electrons. The van der Waals surface area contributed by atoms with Gasteiger partial charge in [-0.15, -0.1) is 0 Å². The molecule has 0 aromatic heterocycles. The van der Waals surface area contributed by atoms with Crippen molar-refractivity contribution in [1.82, 2.24) is 4.90 Å². The van der Waals surface area contributed by atoms with E-state index < -0.39 is 0 Å². The molecular weight excluding hydrogens is 326 g/mol. The third-order valence-corrected chi connectivity index (χ3v) is 4.98. The topological polar surface area (TPSA) is 30.9 Å². The lowest BCUT2D eigenvalue weighted by Crippen LogP contribution is -2.28. The molecule has 0 unspecified atom stereocenters. The second kappa shape index (κ2) is 8.28. The first-order chi connectivity index (χ1) is 12.7. The summed E-state index contributed by atoms with van der Waals surface area (Å²) in [6, 6.07) is 12.4. The average Bonchev–Trinajstić information content (AvgIpc) is 2.69. The molecule has 0 N–H and O–H groups in total. The minimum atomic E-state index is 0.736. The third kappa shape index (κ3) is 3.86. The molecule has 2 aromatic carbocycles. The van der Waals surface area contributed by atoms with Gasteiger partial charge in [0.05, 0.1) is 26.9 Å². The molecule has 0 fully saturated rings. The van der Waals surface area contributed by atoms with Crippen LogP contribution in [0.1, 0.15) is 23.1 Å². The fourth-order valence-electron chi connectivity index (χ4n) is 3.43. The van der Waals surface area contributed by atoms with E-state index in [9.17, 15) is 0 Å². The molecule has 1 heterocycles. The molecule has 0 radical (unpaired) electrons. The maximum absolute atomic E-state index is 5.61. The monoisotopic (exact) mass is 353 g/mol. The van der Waals surface area contributed by atoms with Crippen LogP contribution in [0.2, 0.25) is 0 Å². The molecule has 0 bridgehead atoms. The van der Waals surface area contributed by atoms with Crippen LogP contribution in [-0.4, -0.2) is 39.3 Å². The fraction of sp³-hybridized carbons (Fsp3) is 0.364. The molecule has 1 aliphatic rings. The van der Waals surface area contributed by atoms with Crippen molar-refractivity contribution >= 4 is 5.57 Å². The molecule has 0 aliphatic carbocycles. The molecule has 0 saturated carbocycles. The lowest BCUT2D eigenvalue weighted by molar-refractivity contribution is 0.292. The van der Waals surface area contributed by atoms with Crippen molar-refractivity contribution in [2.24, 2.45) is 0 Å². The molecule has 1 aliphatic heterocycles. The summed E-state index contributed by atoms with van der Waals surface area (Å²) in [5.74, 6) is 2.32. The molecule has 0 atom stereocenters. The Labute approximate surface area is 156 Å². The highest BCUT2D eigenvalue weighted by Gasteiger charge is 2.21. The summed E-state index contributed by atoms with van der Waals surface area (Å²) >= 11 is 0. The van der Waals surface area contributed by atoms with E-state index in [2.05, 4.69) is 42.2 Å². The number of rotatable bonds is 6. The number of ether oxygens (including phenoxy) is 3. The van der Waals surface area contributed by atoms with E-state index in [0.717, 1.165) is 48.9 Å². The Balaban J connectivity index is 1.82. The Hall–Kier alpha value is -2.46. The quantitative estimate of drug-likeness (QED) is 0.774. The Morgan fingerprint density at radius 1 is 0.962 bits per heavy atom. The number of hydrogen-bond acceptors (Lipinski definition) is 4. The van der Waals surface area contributed by atoms with Crippen LogP contribution in [0.4, 0.5) is 0 Å². The maximum Gasteiger partial charge on any atom is 0.133 e. The Kier molecular flexibility index (Phi) is 5.84. The van der Waals surface area contributed by atoms with E-state index in [1.807, 2.05) is 12.1 Å². The number of aryl methyl sites for hydroxylation is 1. The maximum atomic E-state index is 5.61. The summed E-state index contributed by atoms with van der Waals surface area (Å²) in [7, 11) is 5.02.